The molecule has 4 nitrogen and oxygen atoms in total. The molecule has 0 atom stereocenters. The summed E-state index contributed by atoms with van der Waals surface area (Å²) in [6.45, 7) is 4.21. The number of nitrogens with zero attached hydrogens (tertiary/aromatic N) is 2. The van der Waals surface area contributed by atoms with Crippen molar-refractivity contribution in [3.63, 3.8) is 0 Å². The number of methoxy groups -OCH3 is 1. The standard InChI is InChI=1S/C22H29FN2O2/c1-27-21(26)16-10-15-4-7-25(14-19(15)20(23)11-16)18-12-22(13-18)5-8-24(9-6-22)17-2-3-17/h10-11,17-18H,2-9,12-14H2,1H3. The lowest BCUT2D eigenvalue weighted by Crippen LogP contribution is -2.56. The van der Waals surface area contributed by atoms with E-state index >= 15 is 0 Å². The first kappa shape index (κ1) is 17.6. The highest BCUT2D eigenvalue weighted by molar-refractivity contribution is 5.89. The zero-order valence-corrected chi connectivity index (χ0v) is 16.2. The summed E-state index contributed by atoms with van der Waals surface area (Å²) in [6, 6.07) is 4.65. The number of halogens is 1. The molecule has 2 aliphatic carbocycles. The molecule has 4 aliphatic rings. The van der Waals surface area contributed by atoms with Crippen LogP contribution in [0.3, 0.4) is 0 Å². The molecule has 2 heterocycles. The van der Waals surface area contributed by atoms with Crippen LogP contribution in [0.15, 0.2) is 12.1 Å². The van der Waals surface area contributed by atoms with Crippen molar-refractivity contribution in [2.75, 3.05) is 26.7 Å². The van der Waals surface area contributed by atoms with Gasteiger partial charge in [-0.1, -0.05) is 0 Å². The van der Waals surface area contributed by atoms with Crippen molar-refractivity contribution in [2.45, 2.75) is 63.6 Å². The fourth-order valence-corrected chi connectivity index (χ4v) is 5.60. The summed E-state index contributed by atoms with van der Waals surface area (Å²) in [5.41, 5.74) is 2.63. The topological polar surface area (TPSA) is 32.8 Å². The van der Waals surface area contributed by atoms with E-state index in [9.17, 15) is 9.18 Å². The highest BCUT2D eigenvalue weighted by Gasteiger charge is 2.49. The summed E-state index contributed by atoms with van der Waals surface area (Å²) >= 11 is 0. The number of likely N-dealkylation sites (tertiary alicyclic amines) is 1. The number of ether oxygens (including phenoxy) is 1. The molecule has 0 amide bonds. The van der Waals surface area contributed by atoms with Crippen molar-refractivity contribution < 1.29 is 13.9 Å². The molecule has 0 aromatic heterocycles. The van der Waals surface area contributed by atoms with Crippen LogP contribution in [0.5, 0.6) is 0 Å². The van der Waals surface area contributed by atoms with E-state index in [1.54, 1.807) is 0 Å². The molecule has 3 fully saturated rings. The summed E-state index contributed by atoms with van der Waals surface area (Å²) in [5, 5.41) is 0. The Bertz CT molecular complexity index is 745. The Morgan fingerprint density at radius 3 is 2.52 bits per heavy atom. The van der Waals surface area contributed by atoms with Crippen LogP contribution >= 0.6 is 0 Å². The Morgan fingerprint density at radius 2 is 1.85 bits per heavy atom. The second-order valence-electron chi connectivity index (χ2n) is 9.14. The predicted molar refractivity (Wildman–Crippen MR) is 101 cm³/mol. The first-order chi connectivity index (χ1) is 13.1. The largest absolute Gasteiger partial charge is 0.465 e. The van der Waals surface area contributed by atoms with Gasteiger partial charge >= 0.3 is 5.97 Å². The maximum Gasteiger partial charge on any atom is 0.337 e. The van der Waals surface area contributed by atoms with Crippen LogP contribution in [0, 0.1) is 11.2 Å². The maximum absolute atomic E-state index is 14.6. The van der Waals surface area contributed by atoms with Crippen molar-refractivity contribution in [3.05, 3.63) is 34.6 Å². The molecule has 146 valence electrons. The van der Waals surface area contributed by atoms with Gasteiger partial charge in [0.2, 0.25) is 0 Å². The Hall–Kier alpha value is -1.46. The predicted octanol–water partition coefficient (Wildman–Crippen LogP) is 3.38. The molecule has 2 saturated carbocycles. The van der Waals surface area contributed by atoms with E-state index in [1.807, 2.05) is 6.07 Å². The second kappa shape index (κ2) is 6.56. The van der Waals surface area contributed by atoms with Crippen molar-refractivity contribution in [3.8, 4) is 0 Å². The van der Waals surface area contributed by atoms with E-state index in [0.717, 1.165) is 30.1 Å². The zero-order valence-electron chi connectivity index (χ0n) is 16.2. The van der Waals surface area contributed by atoms with Gasteiger partial charge in [0.1, 0.15) is 5.82 Å². The third-order valence-corrected chi connectivity index (χ3v) is 7.51. The van der Waals surface area contributed by atoms with E-state index in [0.29, 0.717) is 23.6 Å². The van der Waals surface area contributed by atoms with Crippen LogP contribution in [-0.2, 0) is 17.7 Å². The van der Waals surface area contributed by atoms with E-state index in [2.05, 4.69) is 9.80 Å². The van der Waals surface area contributed by atoms with Gasteiger partial charge in [0.05, 0.1) is 12.7 Å². The lowest BCUT2D eigenvalue weighted by molar-refractivity contribution is -0.0488. The Labute approximate surface area is 160 Å². The Kier molecular flexibility index (Phi) is 4.28. The summed E-state index contributed by atoms with van der Waals surface area (Å²) < 4.78 is 19.4. The maximum atomic E-state index is 14.6. The first-order valence-electron chi connectivity index (χ1n) is 10.4. The molecule has 0 N–H and O–H groups in total. The number of benzene rings is 1. The molecule has 5 heteroatoms. The molecule has 27 heavy (non-hydrogen) atoms. The van der Waals surface area contributed by atoms with Gasteiger partial charge in [0.25, 0.3) is 0 Å². The monoisotopic (exact) mass is 372 g/mol. The van der Waals surface area contributed by atoms with Crippen molar-refractivity contribution in [1.82, 2.24) is 9.80 Å². The van der Waals surface area contributed by atoms with Gasteiger partial charge in [-0.3, -0.25) is 4.90 Å². The summed E-state index contributed by atoms with van der Waals surface area (Å²) in [5.74, 6) is -0.720. The van der Waals surface area contributed by atoms with Crippen LogP contribution in [0.1, 0.15) is 60.0 Å². The van der Waals surface area contributed by atoms with Gasteiger partial charge in [-0.15, -0.1) is 0 Å². The fourth-order valence-electron chi connectivity index (χ4n) is 5.60. The Morgan fingerprint density at radius 1 is 1.11 bits per heavy atom. The quantitative estimate of drug-likeness (QED) is 0.762. The minimum absolute atomic E-state index is 0.260. The van der Waals surface area contributed by atoms with Crippen LogP contribution in [0.25, 0.3) is 0 Å². The molecular formula is C22H29FN2O2. The number of hydrogen-bond donors (Lipinski definition) is 0. The smallest absolute Gasteiger partial charge is 0.337 e. The number of carbonyl (C=O) groups excluding carboxylic acids is 1. The fraction of sp³-hybridized carbons (Fsp3) is 0.682. The average Bonchev–Trinajstić information content (AvgIpc) is 3.50. The van der Waals surface area contributed by atoms with Gasteiger partial charge in [-0.05, 0) is 81.1 Å². The number of piperidine rings is 1. The molecular weight excluding hydrogens is 343 g/mol. The van der Waals surface area contributed by atoms with Crippen LogP contribution < -0.4 is 0 Å². The molecule has 1 aromatic rings. The van der Waals surface area contributed by atoms with E-state index < -0.39 is 5.97 Å². The first-order valence-corrected chi connectivity index (χ1v) is 10.4. The van der Waals surface area contributed by atoms with E-state index in [-0.39, 0.29) is 5.82 Å². The van der Waals surface area contributed by atoms with Crippen LogP contribution in [0.4, 0.5) is 4.39 Å². The SMILES string of the molecule is COC(=O)c1cc(F)c2c(c1)CCN(C1CC3(CCN(C4CC4)CC3)C1)C2. The summed E-state index contributed by atoms with van der Waals surface area (Å²) in [4.78, 5) is 16.9. The van der Waals surface area contributed by atoms with Crippen LogP contribution in [-0.4, -0.2) is 54.6 Å². The second-order valence-corrected chi connectivity index (χ2v) is 9.14. The summed E-state index contributed by atoms with van der Waals surface area (Å²) in [7, 11) is 1.34. The molecule has 2 aliphatic heterocycles. The van der Waals surface area contributed by atoms with Crippen LogP contribution in [0.2, 0.25) is 0 Å². The number of fused-ring (bicyclic) bond motifs is 1. The van der Waals surface area contributed by atoms with E-state index in [4.69, 9.17) is 4.74 Å². The third-order valence-electron chi connectivity index (χ3n) is 7.51. The molecule has 1 aromatic carbocycles. The number of esters is 1. The van der Waals surface area contributed by atoms with Gasteiger partial charge < -0.3 is 9.64 Å². The molecule has 5 rings (SSSR count). The molecule has 0 bridgehead atoms. The number of hydrogen-bond acceptors (Lipinski definition) is 4. The van der Waals surface area contributed by atoms with Gasteiger partial charge in [0.15, 0.2) is 0 Å². The molecule has 0 unspecified atom stereocenters. The van der Waals surface area contributed by atoms with Gasteiger partial charge in [0, 0.05) is 30.7 Å². The minimum Gasteiger partial charge on any atom is -0.465 e. The lowest BCUT2D eigenvalue weighted by Gasteiger charge is -2.56. The van der Waals surface area contributed by atoms with E-state index in [1.165, 1.54) is 64.8 Å². The average molecular weight is 372 g/mol. The van der Waals surface area contributed by atoms with Gasteiger partial charge in [-0.2, -0.15) is 0 Å². The number of carbonyl (C=O) groups is 1. The molecule has 1 spiro atoms. The van der Waals surface area contributed by atoms with Crippen molar-refractivity contribution in [1.29, 1.82) is 0 Å². The highest BCUT2D eigenvalue weighted by Crippen LogP contribution is 2.52. The normalized spacial score (nSPS) is 25.9. The number of rotatable bonds is 3. The third kappa shape index (κ3) is 3.19. The van der Waals surface area contributed by atoms with Crippen molar-refractivity contribution >= 4 is 5.97 Å². The highest BCUT2D eigenvalue weighted by atomic mass is 19.1. The Balaban J connectivity index is 1.21. The minimum atomic E-state index is -0.461. The van der Waals surface area contributed by atoms with Gasteiger partial charge in [-0.25, -0.2) is 9.18 Å². The van der Waals surface area contributed by atoms with Crippen molar-refractivity contribution in [2.24, 2.45) is 5.41 Å². The molecule has 1 saturated heterocycles. The lowest BCUT2D eigenvalue weighted by atomic mass is 9.59. The molecule has 0 radical (unpaired) electrons. The zero-order chi connectivity index (χ0) is 18.6. The summed E-state index contributed by atoms with van der Waals surface area (Å²) in [6.07, 6.45) is 8.89.